The highest BCUT2D eigenvalue weighted by Gasteiger charge is 2.22. The van der Waals surface area contributed by atoms with E-state index in [2.05, 4.69) is 15.3 Å². The number of hydrogen-bond donors (Lipinski definition) is 4. The average molecular weight is 494 g/mol. The zero-order valence-electron chi connectivity index (χ0n) is 18.8. The predicted molar refractivity (Wildman–Crippen MR) is 136 cm³/mol. The number of fused-ring (bicyclic) bond motifs is 1. The number of hydrogen-bond acceptors (Lipinski definition) is 6. The van der Waals surface area contributed by atoms with Crippen LogP contribution in [0.25, 0.3) is 11.0 Å². The number of nitrogens with zero attached hydrogens (tertiary/aromatic N) is 4. The first-order valence-corrected chi connectivity index (χ1v) is 10.4. The highest BCUT2D eigenvalue weighted by molar-refractivity contribution is 6.09. The van der Waals surface area contributed by atoms with Crippen molar-refractivity contribution in [3.63, 3.8) is 0 Å². The van der Waals surface area contributed by atoms with Crippen molar-refractivity contribution in [3.8, 4) is 0 Å². The molecule has 4 aromatic rings. The van der Waals surface area contributed by atoms with Crippen molar-refractivity contribution in [3.05, 3.63) is 83.8 Å². The van der Waals surface area contributed by atoms with Crippen LogP contribution < -0.4 is 16.0 Å². The quantitative estimate of drug-likeness (QED) is 0.217. The first-order chi connectivity index (χ1) is 16.3. The third-order valence-electron chi connectivity index (χ3n) is 5.33. The standard InChI is InChI=1S/C24H23N7O3.ClH/c1-30-19-10-7-16(24(34)31(14-22(32)33)20-4-2-3-11-27-20)12-18(19)29-21(30)13-28-17-8-5-15(6-9-17)23(25)26;/h2-12,28H,13-14H2,1H3,(H3,25,26)(H,32,33);1H. The second-order valence-electron chi connectivity index (χ2n) is 7.61. The van der Waals surface area contributed by atoms with Gasteiger partial charge in [0.05, 0.1) is 17.6 Å². The molecule has 0 aliphatic carbocycles. The molecular weight excluding hydrogens is 470 g/mol. The summed E-state index contributed by atoms with van der Waals surface area (Å²) >= 11 is 0. The Bertz CT molecular complexity index is 1370. The Kier molecular flexibility index (Phi) is 7.67. The van der Waals surface area contributed by atoms with Crippen molar-refractivity contribution < 1.29 is 14.7 Å². The van der Waals surface area contributed by atoms with Crippen LogP contribution in [-0.4, -0.2) is 43.9 Å². The molecule has 0 fully saturated rings. The van der Waals surface area contributed by atoms with E-state index in [-0.39, 0.29) is 24.1 Å². The van der Waals surface area contributed by atoms with Crippen molar-refractivity contribution in [2.75, 3.05) is 16.8 Å². The summed E-state index contributed by atoms with van der Waals surface area (Å²) in [6.07, 6.45) is 1.51. The number of aryl methyl sites for hydroxylation is 1. The first-order valence-electron chi connectivity index (χ1n) is 10.4. The van der Waals surface area contributed by atoms with Gasteiger partial charge in [0.25, 0.3) is 5.91 Å². The molecule has 2 heterocycles. The lowest BCUT2D eigenvalue weighted by molar-refractivity contribution is -0.135. The lowest BCUT2D eigenvalue weighted by atomic mass is 10.1. The Morgan fingerprint density at radius 3 is 2.46 bits per heavy atom. The number of aliphatic carboxylic acids is 1. The maximum Gasteiger partial charge on any atom is 0.323 e. The van der Waals surface area contributed by atoms with Crippen LogP contribution in [0.2, 0.25) is 0 Å². The van der Waals surface area contributed by atoms with E-state index < -0.39 is 18.4 Å². The Balaban J connectivity index is 0.00000342. The van der Waals surface area contributed by atoms with Gasteiger partial charge in [-0.25, -0.2) is 9.97 Å². The Hall–Kier alpha value is -4.44. The van der Waals surface area contributed by atoms with Gasteiger partial charge < -0.3 is 20.7 Å². The summed E-state index contributed by atoms with van der Waals surface area (Å²) in [6.45, 7) is -0.0688. The minimum absolute atomic E-state index is 0. The average Bonchev–Trinajstić information content (AvgIpc) is 3.16. The van der Waals surface area contributed by atoms with Gasteiger partial charge in [-0.05, 0) is 54.6 Å². The van der Waals surface area contributed by atoms with Gasteiger partial charge in [-0.2, -0.15) is 0 Å². The van der Waals surface area contributed by atoms with Gasteiger partial charge >= 0.3 is 5.97 Å². The van der Waals surface area contributed by atoms with Crippen LogP contribution in [-0.2, 0) is 18.4 Å². The second-order valence-corrected chi connectivity index (χ2v) is 7.61. The molecule has 0 aliphatic heterocycles. The van der Waals surface area contributed by atoms with Crippen LogP contribution in [0.1, 0.15) is 21.7 Å². The summed E-state index contributed by atoms with van der Waals surface area (Å²) < 4.78 is 1.92. The Morgan fingerprint density at radius 2 is 1.83 bits per heavy atom. The van der Waals surface area contributed by atoms with Gasteiger partial charge in [0.15, 0.2) is 0 Å². The van der Waals surface area contributed by atoms with Crippen LogP contribution in [0.15, 0.2) is 66.9 Å². The topological polar surface area (TPSA) is 150 Å². The monoisotopic (exact) mass is 493 g/mol. The normalized spacial score (nSPS) is 10.4. The fourth-order valence-electron chi connectivity index (χ4n) is 3.55. The van der Waals surface area contributed by atoms with E-state index in [1.54, 1.807) is 48.5 Å². The number of nitrogens with one attached hydrogen (secondary N) is 2. The number of carboxylic acids is 1. The zero-order chi connectivity index (χ0) is 24.2. The summed E-state index contributed by atoms with van der Waals surface area (Å²) in [5, 5.41) is 20.0. The van der Waals surface area contributed by atoms with Crippen LogP contribution in [0.4, 0.5) is 11.5 Å². The van der Waals surface area contributed by atoms with Gasteiger partial charge in [-0.3, -0.25) is 19.9 Å². The maximum atomic E-state index is 13.2. The SMILES string of the molecule is Cl.Cn1c(CNc2ccc(C(=N)N)cc2)nc2cc(C(=O)N(CC(=O)O)c3ccccn3)ccc21. The lowest BCUT2D eigenvalue weighted by Gasteiger charge is -2.19. The van der Waals surface area contributed by atoms with Gasteiger partial charge in [0, 0.05) is 30.1 Å². The van der Waals surface area contributed by atoms with Crippen molar-refractivity contribution in [1.29, 1.82) is 5.41 Å². The third kappa shape index (κ3) is 5.56. The number of pyridine rings is 1. The highest BCUT2D eigenvalue weighted by Crippen LogP contribution is 2.21. The molecule has 0 spiro atoms. The van der Waals surface area contributed by atoms with Crippen molar-refractivity contribution >= 4 is 52.7 Å². The number of nitrogens with two attached hydrogens (primary N) is 1. The molecule has 0 atom stereocenters. The molecule has 11 heteroatoms. The second kappa shape index (κ2) is 10.7. The van der Waals surface area contributed by atoms with Gasteiger partial charge in [0.2, 0.25) is 0 Å². The van der Waals surface area contributed by atoms with Crippen LogP contribution in [0.3, 0.4) is 0 Å². The number of carboxylic acid groups (broad SMARTS) is 1. The summed E-state index contributed by atoms with van der Waals surface area (Å²) in [7, 11) is 1.89. The van der Waals surface area contributed by atoms with Gasteiger partial charge in [-0.1, -0.05) is 6.07 Å². The molecule has 0 aliphatic rings. The lowest BCUT2D eigenvalue weighted by Crippen LogP contribution is -2.36. The molecule has 2 aromatic carbocycles. The van der Waals surface area contributed by atoms with E-state index in [0.29, 0.717) is 23.2 Å². The largest absolute Gasteiger partial charge is 0.480 e. The maximum absolute atomic E-state index is 13.2. The minimum atomic E-state index is -1.14. The molecule has 0 saturated heterocycles. The molecule has 35 heavy (non-hydrogen) atoms. The van der Waals surface area contributed by atoms with Crippen LogP contribution in [0.5, 0.6) is 0 Å². The van der Waals surface area contributed by atoms with Crippen molar-refractivity contribution in [2.24, 2.45) is 12.8 Å². The molecule has 0 unspecified atom stereocenters. The van der Waals surface area contributed by atoms with Crippen LogP contribution >= 0.6 is 12.4 Å². The highest BCUT2D eigenvalue weighted by atomic mass is 35.5. The smallest absolute Gasteiger partial charge is 0.323 e. The van der Waals surface area contributed by atoms with Crippen LogP contribution in [0, 0.1) is 5.41 Å². The molecular formula is C24H24ClN7O3. The molecule has 180 valence electrons. The summed E-state index contributed by atoms with van der Waals surface area (Å²) in [5.74, 6) is -0.585. The fraction of sp³-hybridized carbons (Fsp3) is 0.125. The number of carbonyl (C=O) groups excluding carboxylic acids is 1. The molecule has 2 aromatic heterocycles. The molecule has 0 saturated carbocycles. The number of rotatable bonds is 8. The molecule has 5 N–H and O–H groups in total. The van der Waals surface area contributed by atoms with E-state index >= 15 is 0 Å². The Labute approximate surface area is 207 Å². The van der Waals surface area contributed by atoms with E-state index in [1.807, 2.05) is 23.7 Å². The summed E-state index contributed by atoms with van der Waals surface area (Å²) in [4.78, 5) is 34.4. The summed E-state index contributed by atoms with van der Waals surface area (Å²) in [5.41, 5.74) is 8.76. The fourth-order valence-corrected chi connectivity index (χ4v) is 3.55. The third-order valence-corrected chi connectivity index (χ3v) is 5.33. The van der Waals surface area contributed by atoms with E-state index in [0.717, 1.165) is 21.9 Å². The number of anilines is 2. The number of imidazole rings is 1. The number of amidine groups is 1. The zero-order valence-corrected chi connectivity index (χ0v) is 19.6. The molecule has 0 radical (unpaired) electrons. The number of halogens is 1. The molecule has 4 rings (SSSR count). The number of nitrogen functional groups attached to an aromatic ring is 1. The van der Waals surface area contributed by atoms with Gasteiger partial charge in [-0.15, -0.1) is 12.4 Å². The number of benzene rings is 2. The molecule has 0 bridgehead atoms. The number of aromatic nitrogens is 3. The van der Waals surface area contributed by atoms with E-state index in [9.17, 15) is 14.7 Å². The summed E-state index contributed by atoms with van der Waals surface area (Å²) in [6, 6.07) is 17.3. The van der Waals surface area contributed by atoms with Gasteiger partial charge in [0.1, 0.15) is 24.0 Å². The Morgan fingerprint density at radius 1 is 1.11 bits per heavy atom. The number of carbonyl (C=O) groups is 2. The minimum Gasteiger partial charge on any atom is -0.480 e. The van der Waals surface area contributed by atoms with E-state index in [4.69, 9.17) is 11.1 Å². The predicted octanol–water partition coefficient (Wildman–Crippen LogP) is 3.02. The first kappa shape index (κ1) is 25.2. The molecule has 10 nitrogen and oxygen atoms in total. The molecule has 1 amide bonds. The van der Waals surface area contributed by atoms with Crippen molar-refractivity contribution in [2.45, 2.75) is 6.54 Å². The van der Waals surface area contributed by atoms with Crippen molar-refractivity contribution in [1.82, 2.24) is 14.5 Å². The number of amides is 1. The van der Waals surface area contributed by atoms with E-state index in [1.165, 1.54) is 6.20 Å².